The van der Waals surface area contributed by atoms with Crippen molar-refractivity contribution in [3.63, 3.8) is 0 Å². The van der Waals surface area contributed by atoms with Crippen molar-refractivity contribution in [2.24, 2.45) is 11.7 Å². The molecule has 0 unspecified atom stereocenters. The lowest BCUT2D eigenvalue weighted by Crippen LogP contribution is -2.40. The van der Waals surface area contributed by atoms with E-state index < -0.39 is 16.0 Å². The summed E-state index contributed by atoms with van der Waals surface area (Å²) in [5.74, 6) is -0.624. The van der Waals surface area contributed by atoms with Crippen LogP contribution in [0.4, 0.5) is 0 Å². The third kappa shape index (κ3) is 5.46. The molecule has 1 saturated heterocycles. The molecule has 0 spiro atoms. The number of amides is 1. The molecule has 116 valence electrons. The Morgan fingerprint density at radius 2 is 1.90 bits per heavy atom. The fourth-order valence-corrected chi connectivity index (χ4v) is 3.84. The van der Waals surface area contributed by atoms with E-state index >= 15 is 0 Å². The van der Waals surface area contributed by atoms with E-state index in [0.717, 1.165) is 0 Å². The first kappa shape index (κ1) is 16.9. The third-order valence-corrected chi connectivity index (χ3v) is 5.42. The molecule has 2 N–H and O–H groups in total. The van der Waals surface area contributed by atoms with Crippen molar-refractivity contribution in [2.75, 3.05) is 26.0 Å². The first-order valence-electron chi connectivity index (χ1n) is 6.68. The predicted molar refractivity (Wildman–Crippen MR) is 73.1 cm³/mol. The minimum absolute atomic E-state index is 0.0530. The van der Waals surface area contributed by atoms with Crippen molar-refractivity contribution in [2.45, 2.75) is 32.1 Å². The van der Waals surface area contributed by atoms with Crippen LogP contribution in [-0.4, -0.2) is 50.6 Å². The number of carbonyl (C=O) groups excluding carboxylic acids is 2. The van der Waals surface area contributed by atoms with Crippen LogP contribution in [0.3, 0.4) is 0 Å². The highest BCUT2D eigenvalue weighted by atomic mass is 32.2. The van der Waals surface area contributed by atoms with Crippen molar-refractivity contribution < 1.29 is 22.7 Å². The van der Waals surface area contributed by atoms with Gasteiger partial charge in [-0.25, -0.2) is 12.7 Å². The number of hydrogen-bond donors (Lipinski definition) is 1. The Morgan fingerprint density at radius 3 is 2.40 bits per heavy atom. The van der Waals surface area contributed by atoms with E-state index in [0.29, 0.717) is 32.4 Å². The molecule has 0 aromatic rings. The summed E-state index contributed by atoms with van der Waals surface area (Å²) in [6.45, 7) is 0.830. The number of hydrogen-bond acceptors (Lipinski definition) is 5. The molecule has 0 radical (unpaired) electrons. The van der Waals surface area contributed by atoms with Gasteiger partial charge in [-0.15, -0.1) is 0 Å². The molecule has 1 rings (SSSR count). The van der Waals surface area contributed by atoms with Crippen molar-refractivity contribution >= 4 is 21.9 Å². The van der Waals surface area contributed by atoms with Gasteiger partial charge in [-0.05, 0) is 25.2 Å². The van der Waals surface area contributed by atoms with Gasteiger partial charge >= 0.3 is 5.97 Å². The summed E-state index contributed by atoms with van der Waals surface area (Å²) in [5, 5.41) is 0. The third-order valence-electron chi connectivity index (χ3n) is 3.47. The van der Waals surface area contributed by atoms with E-state index in [9.17, 15) is 18.0 Å². The lowest BCUT2D eigenvalue weighted by molar-refractivity contribution is -0.140. The second-order valence-corrected chi connectivity index (χ2v) is 7.10. The molecule has 0 aromatic carbocycles. The number of esters is 1. The fraction of sp³-hybridized carbons (Fsp3) is 0.833. The zero-order valence-corrected chi connectivity index (χ0v) is 12.5. The maximum Gasteiger partial charge on any atom is 0.305 e. The zero-order valence-electron chi connectivity index (χ0n) is 11.7. The summed E-state index contributed by atoms with van der Waals surface area (Å²) in [6.07, 6.45) is 1.98. The molecule has 0 aliphatic carbocycles. The molecule has 20 heavy (non-hydrogen) atoms. The van der Waals surface area contributed by atoms with E-state index in [2.05, 4.69) is 4.74 Å². The van der Waals surface area contributed by atoms with E-state index in [1.807, 2.05) is 0 Å². The highest BCUT2D eigenvalue weighted by molar-refractivity contribution is 7.89. The number of sulfonamides is 1. The molecule has 1 amide bonds. The van der Waals surface area contributed by atoms with Crippen molar-refractivity contribution in [1.29, 1.82) is 0 Å². The van der Waals surface area contributed by atoms with Gasteiger partial charge in [-0.3, -0.25) is 9.59 Å². The van der Waals surface area contributed by atoms with Crippen LogP contribution in [0.1, 0.15) is 32.1 Å². The van der Waals surface area contributed by atoms with Gasteiger partial charge in [0, 0.05) is 25.9 Å². The molecule has 1 fully saturated rings. The highest BCUT2D eigenvalue weighted by Gasteiger charge is 2.28. The van der Waals surface area contributed by atoms with Gasteiger partial charge < -0.3 is 10.5 Å². The number of ether oxygens (including phenoxy) is 1. The number of nitrogens with two attached hydrogens (primary N) is 1. The highest BCUT2D eigenvalue weighted by Crippen LogP contribution is 2.22. The summed E-state index contributed by atoms with van der Waals surface area (Å²) in [5.41, 5.74) is 5.14. The molecule has 0 bridgehead atoms. The molecule has 8 heteroatoms. The van der Waals surface area contributed by atoms with Crippen molar-refractivity contribution in [1.82, 2.24) is 4.31 Å². The number of methoxy groups -OCH3 is 1. The Labute approximate surface area is 119 Å². The van der Waals surface area contributed by atoms with Gasteiger partial charge in [-0.2, -0.15) is 0 Å². The largest absolute Gasteiger partial charge is 0.469 e. The zero-order chi connectivity index (χ0) is 15.2. The van der Waals surface area contributed by atoms with Gasteiger partial charge in [0.15, 0.2) is 0 Å². The van der Waals surface area contributed by atoms with Gasteiger partial charge in [0.1, 0.15) is 0 Å². The minimum Gasteiger partial charge on any atom is -0.469 e. The second kappa shape index (κ2) is 7.58. The smallest absolute Gasteiger partial charge is 0.305 e. The number of carbonyl (C=O) groups is 2. The normalized spacial score (nSPS) is 17.9. The summed E-state index contributed by atoms with van der Waals surface area (Å²) >= 11 is 0. The quantitative estimate of drug-likeness (QED) is 0.659. The van der Waals surface area contributed by atoms with Gasteiger partial charge in [0.05, 0.1) is 12.9 Å². The number of nitrogens with zero attached hydrogens (tertiary/aromatic N) is 1. The van der Waals surface area contributed by atoms with E-state index in [4.69, 9.17) is 5.73 Å². The average molecular weight is 306 g/mol. The van der Waals surface area contributed by atoms with Crippen molar-refractivity contribution in [3.05, 3.63) is 0 Å². The number of piperidine rings is 1. The van der Waals surface area contributed by atoms with Crippen LogP contribution in [0.5, 0.6) is 0 Å². The Balaban J connectivity index is 2.38. The minimum atomic E-state index is -3.33. The fourth-order valence-electron chi connectivity index (χ4n) is 2.31. The molecule has 7 nitrogen and oxygen atoms in total. The summed E-state index contributed by atoms with van der Waals surface area (Å²) in [7, 11) is -2.05. The van der Waals surface area contributed by atoms with Crippen LogP contribution in [0.15, 0.2) is 0 Å². The molecule has 0 aromatic heterocycles. The van der Waals surface area contributed by atoms with Gasteiger partial charge in [-0.1, -0.05) is 0 Å². The average Bonchev–Trinajstić information content (AvgIpc) is 2.38. The summed E-state index contributed by atoms with van der Waals surface area (Å²) in [4.78, 5) is 21.8. The summed E-state index contributed by atoms with van der Waals surface area (Å²) < 4.78 is 30.0. The van der Waals surface area contributed by atoms with E-state index in [-0.39, 0.29) is 30.4 Å². The maximum absolute atomic E-state index is 12.1. The Bertz CT molecular complexity index is 441. The van der Waals surface area contributed by atoms with Gasteiger partial charge in [0.25, 0.3) is 0 Å². The molecular weight excluding hydrogens is 284 g/mol. The van der Waals surface area contributed by atoms with Crippen LogP contribution in [0, 0.1) is 5.92 Å². The lowest BCUT2D eigenvalue weighted by Gasteiger charge is -2.30. The standard InChI is InChI=1S/C12H22N2O5S/c1-19-12(16)3-2-8-20(17,18)14-6-4-10(5-7-14)9-11(13)15/h10H,2-9H2,1H3,(H2,13,15). The molecular formula is C12H22N2O5S. The monoisotopic (exact) mass is 306 g/mol. The number of primary amides is 1. The van der Waals surface area contributed by atoms with Crippen LogP contribution in [0.2, 0.25) is 0 Å². The lowest BCUT2D eigenvalue weighted by atomic mass is 9.94. The maximum atomic E-state index is 12.1. The molecule has 0 atom stereocenters. The Kier molecular flexibility index (Phi) is 6.41. The first-order valence-corrected chi connectivity index (χ1v) is 8.29. The van der Waals surface area contributed by atoms with Crippen molar-refractivity contribution in [3.8, 4) is 0 Å². The number of rotatable bonds is 7. The SMILES string of the molecule is COC(=O)CCCS(=O)(=O)N1CCC(CC(N)=O)CC1. The van der Waals surface area contributed by atoms with E-state index in [1.54, 1.807) is 0 Å². The topological polar surface area (TPSA) is 107 Å². The molecule has 0 saturated carbocycles. The second-order valence-electron chi connectivity index (χ2n) is 5.01. The predicted octanol–water partition coefficient (Wildman–Crippen LogP) is -0.143. The molecule has 1 aliphatic heterocycles. The van der Waals surface area contributed by atoms with E-state index in [1.165, 1.54) is 11.4 Å². The molecule has 1 heterocycles. The first-order chi connectivity index (χ1) is 9.35. The molecule has 1 aliphatic rings. The van der Waals surface area contributed by atoms with Crippen LogP contribution >= 0.6 is 0 Å². The van der Waals surface area contributed by atoms with Crippen LogP contribution in [0.25, 0.3) is 0 Å². The van der Waals surface area contributed by atoms with Crippen LogP contribution in [-0.2, 0) is 24.3 Å². The Morgan fingerprint density at radius 1 is 1.30 bits per heavy atom. The Hall–Kier alpha value is -1.15. The van der Waals surface area contributed by atoms with Gasteiger partial charge in [0.2, 0.25) is 15.9 Å². The summed E-state index contributed by atoms with van der Waals surface area (Å²) in [6, 6.07) is 0. The van der Waals surface area contributed by atoms with Crippen LogP contribution < -0.4 is 5.73 Å².